The van der Waals surface area contributed by atoms with Gasteiger partial charge in [-0.15, -0.1) is 0 Å². The van der Waals surface area contributed by atoms with E-state index in [-0.39, 0.29) is 17.2 Å². The average molecular weight is 273 g/mol. The van der Waals surface area contributed by atoms with Crippen molar-refractivity contribution in [2.24, 2.45) is 0 Å². The Labute approximate surface area is 115 Å². The number of hydrogen-bond donors (Lipinski definition) is 3. The van der Waals surface area contributed by atoms with Gasteiger partial charge in [-0.3, -0.25) is 9.59 Å². The van der Waals surface area contributed by atoms with E-state index in [0.29, 0.717) is 5.69 Å². The van der Waals surface area contributed by atoms with Crippen LogP contribution < -0.4 is 20.9 Å². The highest BCUT2D eigenvalue weighted by atomic mass is 16.5. The summed E-state index contributed by atoms with van der Waals surface area (Å²) in [6, 6.07) is 8.91. The molecule has 0 fully saturated rings. The fourth-order valence-corrected chi connectivity index (χ4v) is 1.71. The van der Waals surface area contributed by atoms with Gasteiger partial charge in [-0.2, -0.15) is 0 Å². The van der Waals surface area contributed by atoms with Crippen LogP contribution in [0.25, 0.3) is 0 Å². The minimum absolute atomic E-state index is 0.191. The van der Waals surface area contributed by atoms with E-state index < -0.39 is 0 Å². The number of nitrogens with one attached hydrogen (secondary N) is 3. The molecule has 0 saturated carbocycles. The Bertz CT molecular complexity index is 662. The van der Waals surface area contributed by atoms with Crippen LogP contribution in [-0.2, 0) is 4.79 Å². The van der Waals surface area contributed by atoms with Gasteiger partial charge in [-0.05, 0) is 30.3 Å². The summed E-state index contributed by atoms with van der Waals surface area (Å²) in [4.78, 5) is 25.4. The number of carbonyl (C=O) groups is 1. The Morgan fingerprint density at radius 1 is 1.20 bits per heavy atom. The summed E-state index contributed by atoms with van der Waals surface area (Å²) in [5.74, 6) is 0.433. The number of H-pyrrole nitrogens is 1. The monoisotopic (exact) mass is 273 g/mol. The Balaban J connectivity index is 2.30. The van der Waals surface area contributed by atoms with Crippen LogP contribution in [0.5, 0.6) is 5.75 Å². The Morgan fingerprint density at radius 3 is 2.50 bits per heavy atom. The van der Waals surface area contributed by atoms with Crippen molar-refractivity contribution in [2.45, 2.75) is 6.92 Å². The Kier molecular flexibility index (Phi) is 4.05. The minimum atomic E-state index is -0.362. The lowest BCUT2D eigenvalue weighted by atomic mass is 10.2. The predicted octanol–water partition coefficient (Wildman–Crippen LogP) is 2.09. The Morgan fingerprint density at radius 2 is 1.90 bits per heavy atom. The van der Waals surface area contributed by atoms with Gasteiger partial charge < -0.3 is 20.4 Å². The second kappa shape index (κ2) is 5.92. The van der Waals surface area contributed by atoms with E-state index in [0.717, 1.165) is 11.4 Å². The summed E-state index contributed by atoms with van der Waals surface area (Å²) in [6.07, 6.45) is 1.51. The first-order valence-electron chi connectivity index (χ1n) is 6.00. The number of pyridine rings is 1. The van der Waals surface area contributed by atoms with Crippen LogP contribution in [0, 0.1) is 0 Å². The van der Waals surface area contributed by atoms with Crippen LogP contribution in [-0.4, -0.2) is 18.0 Å². The predicted molar refractivity (Wildman–Crippen MR) is 77.6 cm³/mol. The molecule has 104 valence electrons. The van der Waals surface area contributed by atoms with Crippen molar-refractivity contribution in [1.29, 1.82) is 0 Å². The van der Waals surface area contributed by atoms with Crippen LogP contribution in [0.2, 0.25) is 0 Å². The number of methoxy groups -OCH3 is 1. The summed E-state index contributed by atoms with van der Waals surface area (Å²) < 4.78 is 5.08. The van der Waals surface area contributed by atoms with E-state index in [1.807, 2.05) is 12.1 Å². The number of aromatic nitrogens is 1. The van der Waals surface area contributed by atoms with Gasteiger partial charge in [0.1, 0.15) is 11.4 Å². The second-order valence-electron chi connectivity index (χ2n) is 4.13. The number of benzene rings is 1. The van der Waals surface area contributed by atoms with Crippen LogP contribution >= 0.6 is 0 Å². The number of hydrogen-bond acceptors (Lipinski definition) is 4. The maximum atomic E-state index is 11.7. The summed E-state index contributed by atoms with van der Waals surface area (Å²) in [5, 5.41) is 5.59. The lowest BCUT2D eigenvalue weighted by Gasteiger charge is -2.11. The van der Waals surface area contributed by atoms with Crippen molar-refractivity contribution in [1.82, 2.24) is 4.98 Å². The molecule has 0 atom stereocenters. The minimum Gasteiger partial charge on any atom is -0.497 e. The van der Waals surface area contributed by atoms with Crippen molar-refractivity contribution in [2.75, 3.05) is 17.7 Å². The smallest absolute Gasteiger partial charge is 0.273 e. The molecule has 1 heterocycles. The van der Waals surface area contributed by atoms with E-state index >= 15 is 0 Å². The van der Waals surface area contributed by atoms with Gasteiger partial charge in [0, 0.05) is 18.8 Å². The highest BCUT2D eigenvalue weighted by molar-refractivity contribution is 5.92. The molecule has 1 aromatic carbocycles. The van der Waals surface area contributed by atoms with Crippen LogP contribution in [0.1, 0.15) is 6.92 Å². The summed E-state index contributed by atoms with van der Waals surface area (Å²) >= 11 is 0. The van der Waals surface area contributed by atoms with E-state index in [4.69, 9.17) is 4.74 Å². The molecule has 20 heavy (non-hydrogen) atoms. The molecule has 0 radical (unpaired) electrons. The third kappa shape index (κ3) is 3.17. The van der Waals surface area contributed by atoms with Gasteiger partial charge in [-0.1, -0.05) is 0 Å². The first-order chi connectivity index (χ1) is 9.60. The highest BCUT2D eigenvalue weighted by Gasteiger charge is 2.08. The summed E-state index contributed by atoms with van der Waals surface area (Å²) in [6.45, 7) is 1.35. The van der Waals surface area contributed by atoms with Gasteiger partial charge in [0.2, 0.25) is 5.91 Å². The van der Waals surface area contributed by atoms with Crippen molar-refractivity contribution < 1.29 is 9.53 Å². The van der Waals surface area contributed by atoms with Crippen molar-refractivity contribution >= 4 is 23.0 Å². The number of rotatable bonds is 4. The summed E-state index contributed by atoms with van der Waals surface area (Å²) in [5.41, 5.74) is 1.13. The molecule has 0 aliphatic carbocycles. The third-order valence-corrected chi connectivity index (χ3v) is 2.63. The van der Waals surface area contributed by atoms with Gasteiger partial charge in [0.25, 0.3) is 5.56 Å². The fourth-order valence-electron chi connectivity index (χ4n) is 1.71. The zero-order valence-corrected chi connectivity index (χ0v) is 11.2. The maximum absolute atomic E-state index is 11.7. The number of anilines is 3. The normalized spacial score (nSPS) is 9.90. The lowest BCUT2D eigenvalue weighted by molar-refractivity contribution is -0.114. The first-order valence-corrected chi connectivity index (χ1v) is 6.00. The molecule has 0 spiro atoms. The molecule has 6 heteroatoms. The number of ether oxygens (including phenoxy) is 1. The fraction of sp³-hybridized carbons (Fsp3) is 0.143. The van der Waals surface area contributed by atoms with Crippen molar-refractivity contribution in [3.8, 4) is 5.75 Å². The topological polar surface area (TPSA) is 83.2 Å². The van der Waals surface area contributed by atoms with Crippen LogP contribution in [0.4, 0.5) is 17.1 Å². The number of carbonyl (C=O) groups excluding carboxylic acids is 1. The van der Waals surface area contributed by atoms with Crippen molar-refractivity contribution in [3.63, 3.8) is 0 Å². The van der Waals surface area contributed by atoms with E-state index in [9.17, 15) is 9.59 Å². The standard InChI is InChI=1S/C14H15N3O3/c1-9(18)16-13-12(7-8-15-14(13)19)17-10-3-5-11(20-2)6-4-10/h3-8H,1-2H3,(H,16,18)(H2,15,17,19). The van der Waals surface area contributed by atoms with Crippen LogP contribution in [0.3, 0.4) is 0 Å². The molecule has 0 aliphatic heterocycles. The third-order valence-electron chi connectivity index (χ3n) is 2.63. The molecular formula is C14H15N3O3. The van der Waals surface area contributed by atoms with E-state index in [2.05, 4.69) is 15.6 Å². The molecule has 0 saturated heterocycles. The van der Waals surface area contributed by atoms with Gasteiger partial charge >= 0.3 is 0 Å². The molecule has 1 aromatic heterocycles. The average Bonchev–Trinajstić information content (AvgIpc) is 2.43. The van der Waals surface area contributed by atoms with E-state index in [1.165, 1.54) is 13.1 Å². The first kappa shape index (κ1) is 13.7. The lowest BCUT2D eigenvalue weighted by Crippen LogP contribution is -2.18. The van der Waals surface area contributed by atoms with Crippen molar-refractivity contribution in [3.05, 3.63) is 46.9 Å². The molecule has 0 aliphatic rings. The largest absolute Gasteiger partial charge is 0.497 e. The Hall–Kier alpha value is -2.76. The molecule has 2 aromatic rings. The highest BCUT2D eigenvalue weighted by Crippen LogP contribution is 2.23. The molecule has 0 bridgehead atoms. The maximum Gasteiger partial charge on any atom is 0.273 e. The quantitative estimate of drug-likeness (QED) is 0.796. The molecule has 1 amide bonds. The molecule has 6 nitrogen and oxygen atoms in total. The summed E-state index contributed by atoms with van der Waals surface area (Å²) in [7, 11) is 1.59. The zero-order chi connectivity index (χ0) is 14.5. The second-order valence-corrected chi connectivity index (χ2v) is 4.13. The molecular weight excluding hydrogens is 258 g/mol. The molecule has 0 unspecified atom stereocenters. The van der Waals surface area contributed by atoms with Gasteiger partial charge in [-0.25, -0.2) is 0 Å². The molecule has 2 rings (SSSR count). The van der Waals surface area contributed by atoms with Gasteiger partial charge in [0.05, 0.1) is 12.8 Å². The van der Waals surface area contributed by atoms with Gasteiger partial charge in [0.15, 0.2) is 0 Å². The number of amides is 1. The number of aromatic amines is 1. The SMILES string of the molecule is COc1ccc(Nc2cc[nH]c(=O)c2NC(C)=O)cc1. The molecule has 3 N–H and O–H groups in total. The van der Waals surface area contributed by atoms with Crippen LogP contribution in [0.15, 0.2) is 41.3 Å². The zero-order valence-electron chi connectivity index (χ0n) is 11.2. The van der Waals surface area contributed by atoms with E-state index in [1.54, 1.807) is 25.3 Å².